The van der Waals surface area contributed by atoms with Gasteiger partial charge in [-0.1, -0.05) is 62.1 Å². The van der Waals surface area contributed by atoms with Gasteiger partial charge < -0.3 is 43.1 Å². The van der Waals surface area contributed by atoms with Gasteiger partial charge in [-0.2, -0.15) is 4.58 Å². The number of hydrogen-bond acceptors (Lipinski definition) is 14. The molecule has 0 fully saturated rings. The van der Waals surface area contributed by atoms with Gasteiger partial charge in [0.25, 0.3) is 0 Å². The van der Waals surface area contributed by atoms with Gasteiger partial charge in [-0.15, -0.1) is 0 Å². The number of pyridine rings is 6. The normalized spacial score (nSPS) is 14.3. The number of unbranched alkanes of at least 4 members (excludes halogenated alkanes) is 3. The van der Waals surface area contributed by atoms with Gasteiger partial charge in [-0.3, -0.25) is 24.7 Å². The SMILES string of the molecule is CC1(C)C(=CC=CC2=[N+](CCCCC#Cc3ccnc(-c4ccccn4)c3)c3ccc(S(=O)(=O)[O-])cc3C2(C)C)N(CCCCC(=O)O)c2ccc(S(=O)(=O)[O-])cc21.[I-].[Ru+2].c1ccc(-c2cccc(-c3cccc(-c4ccccn4)n3)n2)nc1. The van der Waals surface area contributed by atoms with Crippen LogP contribution in [0.1, 0.15) is 82.9 Å². The van der Waals surface area contributed by atoms with Crippen LogP contribution in [0, 0.1) is 11.8 Å². The Kier molecular flexibility index (Phi) is 21.3. The van der Waals surface area contributed by atoms with Crippen molar-refractivity contribution < 1.29 is 83.9 Å². The van der Waals surface area contributed by atoms with E-state index < -0.39 is 37.0 Å². The zero-order valence-electron chi connectivity index (χ0n) is 46.4. The quantitative estimate of drug-likeness (QED) is 0.0225. The molecule has 2 aliphatic rings. The largest absolute Gasteiger partial charge is 2.00 e. The second-order valence-electron chi connectivity index (χ2n) is 20.6. The van der Waals surface area contributed by atoms with Crippen LogP contribution in [0.2, 0.25) is 0 Å². The number of hydrogen-bond donors (Lipinski definition) is 1. The fraction of sp³-hybridized carbons (Fsp3) is 0.219. The number of halogens is 1. The smallest absolute Gasteiger partial charge is 1.00 e. The predicted octanol–water partition coefficient (Wildman–Crippen LogP) is 8.31. The number of fused-ring (bicyclic) bond motifs is 2. The molecule has 0 saturated carbocycles. The second kappa shape index (κ2) is 27.9. The molecule has 10 rings (SSSR count). The molecule has 0 radical (unpaired) electrons. The fourth-order valence-electron chi connectivity index (χ4n) is 10.2. The zero-order chi connectivity index (χ0) is 58.1. The van der Waals surface area contributed by atoms with E-state index in [1.165, 1.54) is 24.3 Å². The van der Waals surface area contributed by atoms with Crippen molar-refractivity contribution in [2.24, 2.45) is 0 Å². The maximum atomic E-state index is 12.1. The summed E-state index contributed by atoms with van der Waals surface area (Å²) >= 11 is 0. The van der Waals surface area contributed by atoms with Crippen LogP contribution in [0.5, 0.6) is 0 Å². The molecule has 2 aliphatic heterocycles. The van der Waals surface area contributed by atoms with Gasteiger partial charge in [0.05, 0.1) is 60.8 Å². The van der Waals surface area contributed by atoms with Crippen molar-refractivity contribution >= 4 is 43.3 Å². The fourth-order valence-corrected chi connectivity index (χ4v) is 11.2. The number of carboxylic acids is 1. The molecule has 2 aromatic carbocycles. The van der Waals surface area contributed by atoms with Gasteiger partial charge in [0.2, 0.25) is 5.69 Å². The minimum Gasteiger partial charge on any atom is -1.00 e. The molecule has 0 aliphatic carbocycles. The van der Waals surface area contributed by atoms with E-state index in [-0.39, 0.29) is 59.7 Å². The van der Waals surface area contributed by atoms with E-state index in [2.05, 4.69) is 36.4 Å². The van der Waals surface area contributed by atoms with Crippen LogP contribution in [0.15, 0.2) is 198 Å². The molecule has 0 saturated heterocycles. The minimum atomic E-state index is -4.71. The Bertz CT molecular complexity index is 3980. The molecule has 20 heteroatoms. The summed E-state index contributed by atoms with van der Waals surface area (Å²) in [5, 5.41) is 9.20. The third kappa shape index (κ3) is 15.2. The van der Waals surface area contributed by atoms with Gasteiger partial charge in [-0.25, -0.2) is 26.8 Å². The molecule has 16 nitrogen and oxygen atoms in total. The summed E-state index contributed by atoms with van der Waals surface area (Å²) in [4.78, 5) is 39.5. The molecule has 84 heavy (non-hydrogen) atoms. The monoisotopic (exact) mass is 1360 g/mol. The van der Waals surface area contributed by atoms with Crippen LogP contribution in [0.3, 0.4) is 0 Å². The average molecular weight is 1360 g/mol. The number of benzene rings is 2. The van der Waals surface area contributed by atoms with Gasteiger partial charge in [0.1, 0.15) is 26.8 Å². The van der Waals surface area contributed by atoms with Crippen molar-refractivity contribution in [1.29, 1.82) is 0 Å². The van der Waals surface area contributed by atoms with Crippen LogP contribution in [0.4, 0.5) is 11.4 Å². The number of carbonyl (C=O) groups is 1. The zero-order valence-corrected chi connectivity index (χ0v) is 51.9. The third-order valence-electron chi connectivity index (χ3n) is 14.3. The number of anilines is 1. The first kappa shape index (κ1) is 64.1. The van der Waals surface area contributed by atoms with Crippen LogP contribution >= 0.6 is 0 Å². The summed E-state index contributed by atoms with van der Waals surface area (Å²) in [6, 6.07) is 41.6. The summed E-state index contributed by atoms with van der Waals surface area (Å²) in [5.74, 6) is 5.61. The van der Waals surface area contributed by atoms with Crippen molar-refractivity contribution in [3.8, 4) is 57.4 Å². The maximum absolute atomic E-state index is 12.1. The Balaban J connectivity index is 0.000000323. The molecular weight excluding hydrogens is 1300 g/mol. The number of aliphatic carboxylic acids is 1. The molecule has 8 heterocycles. The Morgan fingerprint density at radius 3 is 1.68 bits per heavy atom. The topological polar surface area (TPSA) is 235 Å². The summed E-state index contributed by atoms with van der Waals surface area (Å²) in [6.07, 6.45) is 16.0. The first-order valence-corrected chi connectivity index (χ1v) is 29.5. The van der Waals surface area contributed by atoms with Crippen molar-refractivity contribution in [2.75, 3.05) is 18.0 Å². The number of rotatable bonds is 17. The Hall–Kier alpha value is -7.51. The number of carboxylic acid groups (broad SMARTS) is 1. The number of nitrogens with zero attached hydrogens (tertiary/aromatic N) is 8. The predicted molar refractivity (Wildman–Crippen MR) is 313 cm³/mol. The summed E-state index contributed by atoms with van der Waals surface area (Å²) in [7, 11) is -9.41. The molecule has 0 bridgehead atoms. The van der Waals surface area contributed by atoms with Gasteiger partial charge in [0, 0.05) is 90.7 Å². The van der Waals surface area contributed by atoms with Gasteiger partial charge >= 0.3 is 25.4 Å². The summed E-state index contributed by atoms with van der Waals surface area (Å²) in [5.41, 5.74) is 10.5. The van der Waals surface area contributed by atoms with Gasteiger partial charge in [-0.05, 0) is 148 Å². The Morgan fingerprint density at radius 1 is 0.607 bits per heavy atom. The molecule has 0 unspecified atom stereocenters. The van der Waals surface area contributed by atoms with E-state index in [0.29, 0.717) is 43.5 Å². The molecule has 0 spiro atoms. The third-order valence-corrected chi connectivity index (χ3v) is 16.0. The molecule has 0 amide bonds. The average Bonchev–Trinajstić information content (AvgIpc) is 2.12. The van der Waals surface area contributed by atoms with E-state index in [0.717, 1.165) is 86.7 Å². The van der Waals surface area contributed by atoms with Crippen LogP contribution < -0.4 is 28.9 Å². The minimum absolute atomic E-state index is 0. The Morgan fingerprint density at radius 2 is 1.13 bits per heavy atom. The van der Waals surface area contributed by atoms with Crippen molar-refractivity contribution in [3.63, 3.8) is 0 Å². The number of allylic oxidation sites excluding steroid dienone is 4. The van der Waals surface area contributed by atoms with E-state index >= 15 is 0 Å². The molecule has 6 aromatic heterocycles. The first-order valence-electron chi connectivity index (χ1n) is 26.7. The Labute approximate surface area is 520 Å². The van der Waals surface area contributed by atoms with Crippen molar-refractivity contribution in [2.45, 2.75) is 86.8 Å². The summed E-state index contributed by atoms with van der Waals surface area (Å²) < 4.78 is 74.3. The van der Waals surface area contributed by atoms with Crippen LogP contribution in [-0.4, -0.2) is 90.3 Å². The first-order chi connectivity index (χ1) is 39.3. The van der Waals surface area contributed by atoms with E-state index in [1.54, 1.807) is 36.9 Å². The van der Waals surface area contributed by atoms with E-state index in [4.69, 9.17) is 9.97 Å². The maximum Gasteiger partial charge on any atom is 2.00 e. The number of aromatic nitrogens is 6. The standard InChI is InChI=1S/C44H46N4O8S2.C20H14N4.HI.Ru/c1-43(2)34-29-32(57(51,52)53)19-21-38(34)47(26-11-6-5-7-14-31-23-25-46-37(28-31)36-15-8-10-24-45-36)40(43)16-13-17-41-44(3,4)35-30-33(58(54,55)56)20-22-39(35)48(41)27-12-9-18-42(49)50;1-3-13-21-15(7-1)17-9-5-11-19(23-17)20-12-6-10-18(24-20)16-8-2-4-14-22-16;;/h8,10,13,15-17,19-25,28-30H,5-6,9,11-12,18,26-27H2,1-4H3,(H2-,49,50,51,52,53,54,55,56);1-14H;1H;/q;;;+2/p-2. The van der Waals surface area contributed by atoms with Crippen molar-refractivity contribution in [1.82, 2.24) is 29.9 Å². The van der Waals surface area contributed by atoms with Crippen molar-refractivity contribution in [3.05, 3.63) is 205 Å². The van der Waals surface area contributed by atoms with E-state index in [1.807, 2.05) is 154 Å². The second-order valence-corrected chi connectivity index (χ2v) is 23.4. The summed E-state index contributed by atoms with van der Waals surface area (Å²) in [6.45, 7) is 8.91. The molecular formula is C64H59IN8O8RuS2. The van der Waals surface area contributed by atoms with Gasteiger partial charge in [0.15, 0.2) is 5.71 Å². The molecule has 1 N–H and O–H groups in total. The van der Waals surface area contributed by atoms with Crippen LogP contribution in [-0.2, 0) is 55.3 Å². The molecule has 0 atom stereocenters. The van der Waals surface area contributed by atoms with E-state index in [9.17, 15) is 35.8 Å². The molecule has 430 valence electrons. The van der Waals surface area contributed by atoms with Crippen LogP contribution in [0.25, 0.3) is 45.6 Å². The molecule has 8 aromatic rings.